The molecule has 1 rings (SSSR count). The monoisotopic (exact) mass is 203 g/mol. The minimum absolute atomic E-state index is 0.0617. The first-order valence-electron chi connectivity index (χ1n) is 3.88. The van der Waals surface area contributed by atoms with E-state index in [2.05, 4.69) is 0 Å². The minimum Gasteiger partial charge on any atom is -0.465 e. The molecule has 1 heterocycles. The predicted molar refractivity (Wildman–Crippen MR) is 49.9 cm³/mol. The molecule has 0 fully saturated rings. The van der Waals surface area contributed by atoms with Crippen molar-refractivity contribution >= 4 is 9.84 Å². The Balaban J connectivity index is 2.92. The van der Waals surface area contributed by atoms with Crippen molar-refractivity contribution in [3.8, 4) is 0 Å². The fourth-order valence-electron chi connectivity index (χ4n) is 1.12. The molecule has 0 bridgehead atoms. The third-order valence-electron chi connectivity index (χ3n) is 1.70. The van der Waals surface area contributed by atoms with Gasteiger partial charge in [0.1, 0.15) is 17.3 Å². The van der Waals surface area contributed by atoms with Crippen LogP contribution in [0.1, 0.15) is 17.1 Å². The highest BCUT2D eigenvalue weighted by Crippen LogP contribution is 2.15. The molecule has 0 amide bonds. The van der Waals surface area contributed by atoms with Crippen LogP contribution in [0.4, 0.5) is 0 Å². The molecule has 4 nitrogen and oxygen atoms in total. The first kappa shape index (κ1) is 10.3. The molecule has 0 aliphatic carbocycles. The minimum atomic E-state index is -3.02. The van der Waals surface area contributed by atoms with Gasteiger partial charge >= 0.3 is 0 Å². The van der Waals surface area contributed by atoms with Crippen molar-refractivity contribution in [3.63, 3.8) is 0 Å². The molecule has 74 valence electrons. The van der Waals surface area contributed by atoms with Gasteiger partial charge in [-0.3, -0.25) is 0 Å². The molecule has 13 heavy (non-hydrogen) atoms. The van der Waals surface area contributed by atoms with Crippen LogP contribution in [0.5, 0.6) is 0 Å². The van der Waals surface area contributed by atoms with Gasteiger partial charge in [0.2, 0.25) is 0 Å². The summed E-state index contributed by atoms with van der Waals surface area (Å²) < 4.78 is 27.1. The van der Waals surface area contributed by atoms with Gasteiger partial charge in [0.15, 0.2) is 9.84 Å². The average molecular weight is 203 g/mol. The van der Waals surface area contributed by atoms with E-state index in [0.29, 0.717) is 18.1 Å². The van der Waals surface area contributed by atoms with E-state index < -0.39 is 9.84 Å². The normalized spacial score (nSPS) is 11.9. The zero-order valence-corrected chi connectivity index (χ0v) is 8.52. The van der Waals surface area contributed by atoms with Crippen molar-refractivity contribution in [2.24, 2.45) is 5.73 Å². The van der Waals surface area contributed by atoms with Crippen LogP contribution >= 0.6 is 0 Å². The van der Waals surface area contributed by atoms with Crippen LogP contribution in [0, 0.1) is 6.92 Å². The zero-order valence-electron chi connectivity index (χ0n) is 7.70. The first-order valence-corrected chi connectivity index (χ1v) is 5.94. The number of sulfone groups is 1. The van der Waals surface area contributed by atoms with E-state index in [-0.39, 0.29) is 5.75 Å². The molecule has 0 radical (unpaired) electrons. The van der Waals surface area contributed by atoms with Crippen LogP contribution in [-0.2, 0) is 22.1 Å². The maximum absolute atomic E-state index is 10.9. The van der Waals surface area contributed by atoms with Crippen LogP contribution in [0.2, 0.25) is 0 Å². The Labute approximate surface area is 77.7 Å². The second kappa shape index (κ2) is 3.51. The maximum atomic E-state index is 10.9. The quantitative estimate of drug-likeness (QED) is 0.780. The zero-order chi connectivity index (χ0) is 10.1. The van der Waals surface area contributed by atoms with Crippen molar-refractivity contribution in [3.05, 3.63) is 23.2 Å². The molecular formula is C8H13NO3S. The van der Waals surface area contributed by atoms with E-state index in [1.807, 2.05) is 0 Å². The number of hydrogen-bond donors (Lipinski definition) is 1. The van der Waals surface area contributed by atoms with E-state index in [0.717, 1.165) is 5.56 Å². The van der Waals surface area contributed by atoms with E-state index in [9.17, 15) is 8.42 Å². The molecule has 0 spiro atoms. The summed E-state index contributed by atoms with van der Waals surface area (Å²) in [4.78, 5) is 0. The molecule has 0 unspecified atom stereocenters. The van der Waals surface area contributed by atoms with Gasteiger partial charge in [0.25, 0.3) is 0 Å². The van der Waals surface area contributed by atoms with Crippen molar-refractivity contribution < 1.29 is 12.8 Å². The molecule has 0 saturated heterocycles. The number of aryl methyl sites for hydroxylation is 1. The van der Waals surface area contributed by atoms with Gasteiger partial charge in [-0.2, -0.15) is 0 Å². The van der Waals surface area contributed by atoms with Crippen molar-refractivity contribution in [2.45, 2.75) is 19.2 Å². The Morgan fingerprint density at radius 3 is 2.54 bits per heavy atom. The summed E-state index contributed by atoms with van der Waals surface area (Å²) in [6.07, 6.45) is 1.17. The molecule has 2 N–H and O–H groups in total. The van der Waals surface area contributed by atoms with Gasteiger partial charge in [-0.1, -0.05) is 0 Å². The van der Waals surface area contributed by atoms with Crippen molar-refractivity contribution in [1.82, 2.24) is 0 Å². The number of rotatable bonds is 3. The SMILES string of the molecule is Cc1oc(CS(C)(=O)=O)cc1CN. The van der Waals surface area contributed by atoms with Crippen molar-refractivity contribution in [1.29, 1.82) is 0 Å². The lowest BCUT2D eigenvalue weighted by Gasteiger charge is -1.91. The lowest BCUT2D eigenvalue weighted by Crippen LogP contribution is -1.99. The van der Waals surface area contributed by atoms with Crippen LogP contribution in [0.25, 0.3) is 0 Å². The Bertz CT molecular complexity index is 392. The summed E-state index contributed by atoms with van der Waals surface area (Å²) in [6, 6.07) is 1.69. The van der Waals surface area contributed by atoms with Crippen LogP contribution in [0.3, 0.4) is 0 Å². The Hall–Kier alpha value is -0.810. The highest BCUT2D eigenvalue weighted by atomic mass is 32.2. The maximum Gasteiger partial charge on any atom is 0.154 e. The van der Waals surface area contributed by atoms with Gasteiger partial charge in [0, 0.05) is 18.4 Å². The van der Waals surface area contributed by atoms with Gasteiger partial charge in [-0.15, -0.1) is 0 Å². The summed E-state index contributed by atoms with van der Waals surface area (Å²) in [5, 5.41) is 0. The summed E-state index contributed by atoms with van der Waals surface area (Å²) in [6.45, 7) is 2.15. The molecule has 1 aromatic heterocycles. The second-order valence-corrected chi connectivity index (χ2v) is 5.21. The molecule has 0 aromatic carbocycles. The third kappa shape index (κ3) is 2.86. The standard InChI is InChI=1S/C8H13NO3S/c1-6-7(4-9)3-8(12-6)5-13(2,10)11/h3H,4-5,9H2,1-2H3. The fourth-order valence-corrected chi connectivity index (χ4v) is 1.78. The van der Waals surface area contributed by atoms with Crippen molar-refractivity contribution in [2.75, 3.05) is 6.26 Å². The highest BCUT2D eigenvalue weighted by molar-refractivity contribution is 7.89. The van der Waals surface area contributed by atoms with Gasteiger partial charge in [0.05, 0.1) is 0 Å². The average Bonchev–Trinajstić information content (AvgIpc) is 2.26. The Kier molecular flexibility index (Phi) is 2.77. The number of nitrogens with two attached hydrogens (primary N) is 1. The largest absolute Gasteiger partial charge is 0.465 e. The molecule has 0 aliphatic rings. The smallest absolute Gasteiger partial charge is 0.154 e. The van der Waals surface area contributed by atoms with Gasteiger partial charge in [-0.05, 0) is 13.0 Å². The van der Waals surface area contributed by atoms with Gasteiger partial charge < -0.3 is 10.2 Å². The summed E-state index contributed by atoms with van der Waals surface area (Å²) >= 11 is 0. The molecule has 1 aromatic rings. The van der Waals surface area contributed by atoms with E-state index in [1.165, 1.54) is 6.26 Å². The predicted octanol–water partition coefficient (Wildman–Crippen LogP) is 0.591. The van der Waals surface area contributed by atoms with Crippen LogP contribution in [0.15, 0.2) is 10.5 Å². The van der Waals surface area contributed by atoms with Crippen LogP contribution < -0.4 is 5.73 Å². The van der Waals surface area contributed by atoms with Gasteiger partial charge in [-0.25, -0.2) is 8.42 Å². The highest BCUT2D eigenvalue weighted by Gasteiger charge is 2.10. The fraction of sp³-hybridized carbons (Fsp3) is 0.500. The molecular weight excluding hydrogens is 190 g/mol. The molecule has 0 aliphatic heterocycles. The summed E-state index contributed by atoms with van der Waals surface area (Å²) in [7, 11) is -3.02. The third-order valence-corrected chi connectivity index (χ3v) is 2.50. The second-order valence-electron chi connectivity index (χ2n) is 3.07. The Morgan fingerprint density at radius 1 is 1.54 bits per heavy atom. The van der Waals surface area contributed by atoms with E-state index >= 15 is 0 Å². The summed E-state index contributed by atoms with van der Waals surface area (Å²) in [5.41, 5.74) is 6.28. The number of hydrogen-bond acceptors (Lipinski definition) is 4. The topological polar surface area (TPSA) is 73.3 Å². The number of furan rings is 1. The first-order chi connectivity index (χ1) is 5.92. The molecule has 0 saturated carbocycles. The lowest BCUT2D eigenvalue weighted by molar-refractivity contribution is 0.492. The molecule has 5 heteroatoms. The lowest BCUT2D eigenvalue weighted by atomic mass is 10.2. The summed E-state index contributed by atoms with van der Waals surface area (Å²) in [5.74, 6) is 1.09. The van der Waals surface area contributed by atoms with Crippen LogP contribution in [-0.4, -0.2) is 14.7 Å². The van der Waals surface area contributed by atoms with E-state index in [4.69, 9.17) is 10.2 Å². The Morgan fingerprint density at radius 2 is 2.15 bits per heavy atom. The molecule has 0 atom stereocenters. The van der Waals surface area contributed by atoms with E-state index in [1.54, 1.807) is 13.0 Å².